The van der Waals surface area contributed by atoms with E-state index in [-0.39, 0.29) is 5.91 Å². The number of hydrogen-bond donors (Lipinski definition) is 1. The van der Waals surface area contributed by atoms with E-state index < -0.39 is 0 Å². The summed E-state index contributed by atoms with van der Waals surface area (Å²) in [5.41, 5.74) is 4.97. The van der Waals surface area contributed by atoms with Crippen molar-refractivity contribution in [2.45, 2.75) is 6.61 Å². The van der Waals surface area contributed by atoms with Crippen molar-refractivity contribution in [3.63, 3.8) is 0 Å². The minimum absolute atomic E-state index is 0.250. The lowest BCUT2D eigenvalue weighted by molar-refractivity contribution is 0.0955. The van der Waals surface area contributed by atoms with E-state index in [1.165, 1.54) is 0 Å². The SMILES string of the molecule is O=C(N/N=C/c1ccccc1OCc1ccccc1)c1ccccc1. The molecule has 0 spiro atoms. The van der Waals surface area contributed by atoms with Gasteiger partial charge < -0.3 is 4.74 Å². The van der Waals surface area contributed by atoms with Crippen molar-refractivity contribution in [1.82, 2.24) is 5.43 Å². The molecule has 1 N–H and O–H groups in total. The average molecular weight is 330 g/mol. The van der Waals surface area contributed by atoms with Gasteiger partial charge in [0.15, 0.2) is 0 Å². The first-order chi connectivity index (χ1) is 12.3. The van der Waals surface area contributed by atoms with Crippen LogP contribution in [0.3, 0.4) is 0 Å². The molecule has 0 atom stereocenters. The molecule has 0 aliphatic heterocycles. The van der Waals surface area contributed by atoms with E-state index in [1.54, 1.807) is 18.3 Å². The van der Waals surface area contributed by atoms with E-state index in [9.17, 15) is 4.79 Å². The quantitative estimate of drug-likeness (QED) is 0.548. The molecule has 25 heavy (non-hydrogen) atoms. The number of amides is 1. The average Bonchev–Trinajstić information content (AvgIpc) is 2.68. The number of rotatable bonds is 6. The molecular weight excluding hydrogens is 312 g/mol. The summed E-state index contributed by atoms with van der Waals surface area (Å²) in [4.78, 5) is 12.0. The van der Waals surface area contributed by atoms with Gasteiger partial charge in [-0.2, -0.15) is 5.10 Å². The van der Waals surface area contributed by atoms with Gasteiger partial charge in [-0.05, 0) is 29.8 Å². The van der Waals surface area contributed by atoms with Crippen LogP contribution in [0.5, 0.6) is 5.75 Å². The zero-order valence-electron chi connectivity index (χ0n) is 13.6. The zero-order valence-corrected chi connectivity index (χ0v) is 13.6. The first kappa shape index (κ1) is 16.5. The molecule has 1 amide bonds. The highest BCUT2D eigenvalue weighted by molar-refractivity contribution is 5.95. The van der Waals surface area contributed by atoms with Crippen LogP contribution in [-0.4, -0.2) is 12.1 Å². The monoisotopic (exact) mass is 330 g/mol. The Bertz CT molecular complexity index is 846. The number of nitrogens with zero attached hydrogens (tertiary/aromatic N) is 1. The topological polar surface area (TPSA) is 50.7 Å². The third kappa shape index (κ3) is 4.78. The molecule has 0 saturated carbocycles. The summed E-state index contributed by atoms with van der Waals surface area (Å²) in [7, 11) is 0. The Kier molecular flexibility index (Phi) is 5.56. The van der Waals surface area contributed by atoms with Crippen molar-refractivity contribution in [3.8, 4) is 5.75 Å². The number of carbonyl (C=O) groups excluding carboxylic acids is 1. The molecule has 0 heterocycles. The lowest BCUT2D eigenvalue weighted by atomic mass is 10.2. The zero-order chi connectivity index (χ0) is 17.3. The molecule has 4 heteroatoms. The van der Waals surface area contributed by atoms with Crippen LogP contribution >= 0.6 is 0 Å². The number of benzene rings is 3. The third-order valence-corrected chi connectivity index (χ3v) is 3.56. The Labute approximate surface area is 146 Å². The fourth-order valence-electron chi connectivity index (χ4n) is 2.27. The molecule has 3 rings (SSSR count). The Morgan fingerprint density at radius 3 is 2.28 bits per heavy atom. The lowest BCUT2D eigenvalue weighted by Gasteiger charge is -2.09. The molecule has 0 aliphatic rings. The predicted octanol–water partition coefficient (Wildman–Crippen LogP) is 4.03. The van der Waals surface area contributed by atoms with Gasteiger partial charge in [-0.3, -0.25) is 4.79 Å². The maximum absolute atomic E-state index is 12.0. The van der Waals surface area contributed by atoms with Crippen LogP contribution in [0.2, 0.25) is 0 Å². The summed E-state index contributed by atoms with van der Waals surface area (Å²) in [6.45, 7) is 0.474. The highest BCUT2D eigenvalue weighted by Crippen LogP contribution is 2.17. The van der Waals surface area contributed by atoms with Crippen LogP contribution in [0.1, 0.15) is 21.5 Å². The summed E-state index contributed by atoms with van der Waals surface area (Å²) in [5.74, 6) is 0.462. The van der Waals surface area contributed by atoms with Gasteiger partial charge in [0.25, 0.3) is 5.91 Å². The molecule has 0 unspecified atom stereocenters. The molecule has 0 aromatic heterocycles. The van der Waals surface area contributed by atoms with Gasteiger partial charge in [-0.1, -0.05) is 60.7 Å². The van der Waals surface area contributed by atoms with Crippen LogP contribution in [0.25, 0.3) is 0 Å². The van der Waals surface area contributed by atoms with Gasteiger partial charge in [-0.25, -0.2) is 5.43 Å². The van der Waals surface area contributed by atoms with Crippen LogP contribution in [0.15, 0.2) is 90.0 Å². The van der Waals surface area contributed by atoms with Crippen molar-refractivity contribution < 1.29 is 9.53 Å². The van der Waals surface area contributed by atoms with Crippen molar-refractivity contribution in [2.75, 3.05) is 0 Å². The largest absolute Gasteiger partial charge is 0.488 e. The highest BCUT2D eigenvalue weighted by atomic mass is 16.5. The molecule has 124 valence electrons. The fourth-order valence-corrected chi connectivity index (χ4v) is 2.27. The van der Waals surface area contributed by atoms with Crippen molar-refractivity contribution >= 4 is 12.1 Å². The number of ether oxygens (including phenoxy) is 1. The van der Waals surface area contributed by atoms with Gasteiger partial charge in [0.1, 0.15) is 12.4 Å². The molecule has 0 saturated heterocycles. The van der Waals surface area contributed by atoms with E-state index in [2.05, 4.69) is 10.5 Å². The van der Waals surface area contributed by atoms with E-state index in [1.807, 2.05) is 72.8 Å². The van der Waals surface area contributed by atoms with Gasteiger partial charge in [0.2, 0.25) is 0 Å². The second-order valence-electron chi connectivity index (χ2n) is 5.38. The van der Waals surface area contributed by atoms with Crippen molar-refractivity contribution in [2.24, 2.45) is 5.10 Å². The van der Waals surface area contributed by atoms with Crippen molar-refractivity contribution in [1.29, 1.82) is 0 Å². The number of nitrogens with one attached hydrogen (secondary N) is 1. The van der Waals surface area contributed by atoms with Crippen LogP contribution < -0.4 is 10.2 Å². The summed E-state index contributed by atoms with van der Waals surface area (Å²) in [5, 5.41) is 4.03. The summed E-state index contributed by atoms with van der Waals surface area (Å²) in [6, 6.07) is 26.5. The van der Waals surface area contributed by atoms with Gasteiger partial charge in [0, 0.05) is 11.1 Å². The first-order valence-corrected chi connectivity index (χ1v) is 7.97. The number of para-hydroxylation sites is 1. The smallest absolute Gasteiger partial charge is 0.271 e. The summed E-state index contributed by atoms with van der Waals surface area (Å²) in [6.07, 6.45) is 1.58. The van der Waals surface area contributed by atoms with Crippen LogP contribution in [0, 0.1) is 0 Å². The molecule has 4 nitrogen and oxygen atoms in total. The van der Waals surface area contributed by atoms with Crippen LogP contribution in [-0.2, 0) is 6.61 Å². The molecule has 0 bridgehead atoms. The highest BCUT2D eigenvalue weighted by Gasteiger charge is 2.03. The molecular formula is C21H18N2O2. The maximum atomic E-state index is 12.0. The second-order valence-corrected chi connectivity index (χ2v) is 5.38. The molecule has 0 fully saturated rings. The van der Waals surface area contributed by atoms with E-state index in [4.69, 9.17) is 4.74 Å². The fraction of sp³-hybridized carbons (Fsp3) is 0.0476. The number of carbonyl (C=O) groups is 1. The van der Waals surface area contributed by atoms with Gasteiger partial charge >= 0.3 is 0 Å². The minimum atomic E-state index is -0.250. The first-order valence-electron chi connectivity index (χ1n) is 7.97. The normalized spacial score (nSPS) is 10.6. The van der Waals surface area contributed by atoms with E-state index >= 15 is 0 Å². The molecule has 0 aliphatic carbocycles. The number of hydrogen-bond acceptors (Lipinski definition) is 3. The Morgan fingerprint density at radius 2 is 1.52 bits per heavy atom. The van der Waals surface area contributed by atoms with Gasteiger partial charge in [0.05, 0.1) is 6.21 Å². The maximum Gasteiger partial charge on any atom is 0.271 e. The van der Waals surface area contributed by atoms with Crippen LogP contribution in [0.4, 0.5) is 0 Å². The third-order valence-electron chi connectivity index (χ3n) is 3.56. The van der Waals surface area contributed by atoms with E-state index in [0.717, 1.165) is 11.1 Å². The Hall–Kier alpha value is -3.40. The lowest BCUT2D eigenvalue weighted by Crippen LogP contribution is -2.17. The molecule has 3 aromatic rings. The minimum Gasteiger partial charge on any atom is -0.488 e. The van der Waals surface area contributed by atoms with E-state index in [0.29, 0.717) is 17.9 Å². The molecule has 3 aromatic carbocycles. The summed E-state index contributed by atoms with van der Waals surface area (Å²) >= 11 is 0. The standard InChI is InChI=1S/C21H18N2O2/c24-21(18-11-5-2-6-12-18)23-22-15-19-13-7-8-14-20(19)25-16-17-9-3-1-4-10-17/h1-15H,16H2,(H,23,24)/b22-15+. The summed E-state index contributed by atoms with van der Waals surface area (Å²) < 4.78 is 5.86. The Morgan fingerprint density at radius 1 is 0.880 bits per heavy atom. The number of hydrazone groups is 1. The van der Waals surface area contributed by atoms with Crippen molar-refractivity contribution in [3.05, 3.63) is 102 Å². The van der Waals surface area contributed by atoms with Gasteiger partial charge in [-0.15, -0.1) is 0 Å². The predicted molar refractivity (Wildman–Crippen MR) is 98.7 cm³/mol. The molecule has 0 radical (unpaired) electrons. The second kappa shape index (κ2) is 8.45. The Balaban J connectivity index is 1.63.